The van der Waals surface area contributed by atoms with Crippen molar-refractivity contribution in [3.8, 4) is 0 Å². The van der Waals surface area contributed by atoms with Gasteiger partial charge in [0, 0.05) is 45.9 Å². The molecule has 43 heavy (non-hydrogen) atoms. The molecular formula is C33H45Cl2N3O3S2. The molecule has 4 N–H and O–H groups in total. The van der Waals surface area contributed by atoms with Gasteiger partial charge < -0.3 is 30.6 Å². The third-order valence-electron chi connectivity index (χ3n) is 10.9. The second-order valence-corrected chi connectivity index (χ2v) is 17.9. The summed E-state index contributed by atoms with van der Waals surface area (Å²) in [6, 6.07) is 5.80. The standard InChI is InChI=1S/C18H24ClNO2S.C15H21ClN2OS/c1-11-8-18(16-13(3-6-22-18)7-15(19)23-16)10-14(20-11)17(4-5-17)9-12(2)21;1-9-7-15(8-11(18-9)14(17)3-4-14)13-10(2-5-19-15)6-12(16)20-13/h7,11,14,20H,3-6,8-10H2,1-2H3;6,9,11,18H,2-5,7-8,17H2,1H3. The third kappa shape index (κ3) is 5.91. The predicted molar refractivity (Wildman–Crippen MR) is 176 cm³/mol. The molecule has 4 aliphatic heterocycles. The second-order valence-electron chi connectivity index (χ2n) is 14.5. The fraction of sp³-hybridized carbons (Fsp3) is 0.727. The van der Waals surface area contributed by atoms with Crippen LogP contribution >= 0.6 is 45.9 Å². The Hall–Kier alpha value is -0.550. The van der Waals surface area contributed by atoms with Gasteiger partial charge in [-0.1, -0.05) is 23.2 Å². The normalized spacial score (nSPS) is 36.8. The quantitative estimate of drug-likeness (QED) is 0.331. The number of hydrogen-bond acceptors (Lipinski definition) is 8. The lowest BCUT2D eigenvalue weighted by atomic mass is 9.74. The molecule has 6 aliphatic rings. The number of ketones is 1. The Kier molecular flexibility index (Phi) is 8.17. The van der Waals surface area contributed by atoms with Crippen LogP contribution in [0.1, 0.15) is 99.4 Å². The topological polar surface area (TPSA) is 85.6 Å². The maximum absolute atomic E-state index is 11.7. The minimum atomic E-state index is -0.201. The van der Waals surface area contributed by atoms with E-state index in [-0.39, 0.29) is 22.2 Å². The first-order valence-corrected chi connectivity index (χ1v) is 18.5. The summed E-state index contributed by atoms with van der Waals surface area (Å²) in [5, 5.41) is 7.47. The van der Waals surface area contributed by atoms with E-state index in [0.29, 0.717) is 36.4 Å². The fourth-order valence-corrected chi connectivity index (χ4v) is 11.6. The molecule has 0 aromatic carbocycles. The number of hydrogen-bond donors (Lipinski definition) is 3. The van der Waals surface area contributed by atoms with E-state index in [2.05, 4.69) is 36.6 Å². The van der Waals surface area contributed by atoms with Crippen molar-refractivity contribution in [3.05, 3.63) is 41.7 Å². The molecule has 6 nitrogen and oxygen atoms in total. The molecule has 2 spiro atoms. The summed E-state index contributed by atoms with van der Waals surface area (Å²) in [6.45, 7) is 7.78. The molecule has 0 bridgehead atoms. The van der Waals surface area contributed by atoms with Crippen LogP contribution in [-0.2, 0) is 38.3 Å². The summed E-state index contributed by atoms with van der Waals surface area (Å²) in [6.07, 6.45) is 11.2. The van der Waals surface area contributed by atoms with Gasteiger partial charge in [0.05, 0.1) is 21.9 Å². The molecular weight excluding hydrogens is 621 g/mol. The Labute approximate surface area is 273 Å². The van der Waals surface area contributed by atoms with Gasteiger partial charge in [-0.25, -0.2) is 0 Å². The second kappa shape index (κ2) is 11.3. The zero-order valence-corrected chi connectivity index (χ0v) is 28.7. The fourth-order valence-electron chi connectivity index (χ4n) is 8.68. The maximum atomic E-state index is 11.7. The van der Waals surface area contributed by atoms with Gasteiger partial charge in [0.25, 0.3) is 0 Å². The number of nitrogens with two attached hydrogens (primary N) is 1. The van der Waals surface area contributed by atoms with Crippen LogP contribution in [0.3, 0.4) is 0 Å². The Morgan fingerprint density at radius 1 is 0.860 bits per heavy atom. The first-order chi connectivity index (χ1) is 20.4. The highest BCUT2D eigenvalue weighted by Gasteiger charge is 2.57. The number of carbonyl (C=O) groups is 1. The van der Waals surface area contributed by atoms with Gasteiger partial charge in [0.15, 0.2) is 0 Å². The average Bonchev–Trinajstić information content (AvgIpc) is 3.79. The summed E-state index contributed by atoms with van der Waals surface area (Å²) in [5.41, 5.74) is 9.01. The zero-order chi connectivity index (χ0) is 30.2. The van der Waals surface area contributed by atoms with E-state index in [1.807, 2.05) is 0 Å². The first kappa shape index (κ1) is 31.1. The summed E-state index contributed by atoms with van der Waals surface area (Å²) < 4.78 is 14.5. The Morgan fingerprint density at radius 3 is 1.81 bits per heavy atom. The van der Waals surface area contributed by atoms with Crippen molar-refractivity contribution in [1.82, 2.24) is 10.6 Å². The van der Waals surface area contributed by atoms with E-state index in [0.717, 1.165) is 86.1 Å². The van der Waals surface area contributed by atoms with Crippen molar-refractivity contribution in [1.29, 1.82) is 0 Å². The number of fused-ring (bicyclic) bond motifs is 4. The Balaban J connectivity index is 0.000000141. The van der Waals surface area contributed by atoms with Gasteiger partial charge in [0.1, 0.15) is 17.0 Å². The molecule has 6 atom stereocenters. The Morgan fingerprint density at radius 2 is 1.35 bits per heavy atom. The summed E-state index contributed by atoms with van der Waals surface area (Å²) >= 11 is 15.9. The molecule has 2 aliphatic carbocycles. The summed E-state index contributed by atoms with van der Waals surface area (Å²) in [5.74, 6) is 0.306. The number of nitrogens with one attached hydrogen (secondary N) is 2. The smallest absolute Gasteiger partial charge is 0.130 e. The van der Waals surface area contributed by atoms with Gasteiger partial charge in [-0.3, -0.25) is 0 Å². The van der Waals surface area contributed by atoms with Crippen LogP contribution in [0.4, 0.5) is 0 Å². The average molecular weight is 667 g/mol. The minimum Gasteiger partial charge on any atom is -0.369 e. The number of carbonyl (C=O) groups excluding carboxylic acids is 1. The lowest BCUT2D eigenvalue weighted by molar-refractivity contribution is -0.121. The number of Topliss-reactive ketones (excluding diaryl/α,β-unsaturated/α-hetero) is 1. The first-order valence-electron chi connectivity index (χ1n) is 16.1. The molecule has 6 unspecified atom stereocenters. The SMILES string of the molecule is CC(=O)CC1(C2CC3(CC(C)N2)OCCc2cc(Cl)sc23)CC1.CC1CC2(CC(C3(N)CC3)N1)OCCc1cc(Cl)sc12. The predicted octanol–water partition coefficient (Wildman–Crippen LogP) is 6.87. The largest absolute Gasteiger partial charge is 0.369 e. The number of ether oxygens (including phenoxy) is 2. The van der Waals surface area contributed by atoms with Crippen molar-refractivity contribution >= 4 is 51.7 Å². The van der Waals surface area contributed by atoms with E-state index in [1.165, 1.54) is 20.9 Å². The molecule has 236 valence electrons. The molecule has 0 radical (unpaired) electrons. The molecule has 2 saturated carbocycles. The van der Waals surface area contributed by atoms with Crippen LogP contribution in [0.5, 0.6) is 0 Å². The summed E-state index contributed by atoms with van der Waals surface area (Å²) in [4.78, 5) is 14.4. The number of piperidine rings is 2. The van der Waals surface area contributed by atoms with Crippen molar-refractivity contribution in [2.24, 2.45) is 11.1 Å². The number of halogens is 2. The lowest BCUT2D eigenvalue weighted by Gasteiger charge is -2.48. The number of thiophene rings is 2. The van der Waals surface area contributed by atoms with Gasteiger partial charge >= 0.3 is 0 Å². The van der Waals surface area contributed by atoms with Crippen molar-refractivity contribution < 1.29 is 14.3 Å². The van der Waals surface area contributed by atoms with E-state index in [4.69, 9.17) is 38.4 Å². The van der Waals surface area contributed by atoms with Gasteiger partial charge in [0.2, 0.25) is 0 Å². The van der Waals surface area contributed by atoms with Crippen LogP contribution in [0.2, 0.25) is 8.67 Å². The van der Waals surface area contributed by atoms with Crippen LogP contribution in [0, 0.1) is 5.41 Å². The van der Waals surface area contributed by atoms with E-state index < -0.39 is 0 Å². The third-order valence-corrected chi connectivity index (χ3v) is 13.9. The van der Waals surface area contributed by atoms with Gasteiger partial charge in [-0.2, -0.15) is 0 Å². The highest BCUT2D eigenvalue weighted by atomic mass is 35.5. The molecule has 6 heterocycles. The Bertz CT molecular complexity index is 1390. The highest BCUT2D eigenvalue weighted by Crippen LogP contribution is 2.58. The van der Waals surface area contributed by atoms with E-state index >= 15 is 0 Å². The van der Waals surface area contributed by atoms with Crippen molar-refractivity contribution in [3.63, 3.8) is 0 Å². The lowest BCUT2D eigenvalue weighted by Crippen LogP contribution is -2.60. The molecule has 2 aromatic rings. The highest BCUT2D eigenvalue weighted by molar-refractivity contribution is 7.16. The van der Waals surface area contributed by atoms with Gasteiger partial charge in [-0.05, 0) is 114 Å². The molecule has 10 heteroatoms. The van der Waals surface area contributed by atoms with Crippen molar-refractivity contribution in [2.75, 3.05) is 13.2 Å². The number of rotatable bonds is 4. The minimum absolute atomic E-state index is 0.0102. The summed E-state index contributed by atoms with van der Waals surface area (Å²) in [7, 11) is 0. The van der Waals surface area contributed by atoms with E-state index in [1.54, 1.807) is 29.6 Å². The molecule has 0 amide bonds. The monoisotopic (exact) mass is 665 g/mol. The van der Waals surface area contributed by atoms with E-state index in [9.17, 15) is 4.79 Å². The van der Waals surface area contributed by atoms with Crippen molar-refractivity contribution in [2.45, 2.75) is 132 Å². The molecule has 4 fully saturated rings. The van der Waals surface area contributed by atoms with Crippen LogP contribution in [-0.4, -0.2) is 48.7 Å². The zero-order valence-electron chi connectivity index (χ0n) is 25.5. The van der Waals surface area contributed by atoms with Gasteiger partial charge in [-0.15, -0.1) is 22.7 Å². The molecule has 2 aromatic heterocycles. The van der Waals surface area contributed by atoms with Crippen LogP contribution < -0.4 is 16.4 Å². The molecule has 8 rings (SSSR count). The maximum Gasteiger partial charge on any atom is 0.130 e. The van der Waals surface area contributed by atoms with Crippen LogP contribution in [0.25, 0.3) is 0 Å². The molecule has 2 saturated heterocycles. The van der Waals surface area contributed by atoms with Crippen LogP contribution in [0.15, 0.2) is 12.1 Å².